The highest BCUT2D eigenvalue weighted by molar-refractivity contribution is 7.16. The van der Waals surface area contributed by atoms with E-state index < -0.39 is 0 Å². The predicted octanol–water partition coefficient (Wildman–Crippen LogP) is 2.00. The number of nitriles is 1. The Morgan fingerprint density at radius 1 is 1.58 bits per heavy atom. The van der Waals surface area contributed by atoms with Crippen molar-refractivity contribution in [2.45, 2.75) is 45.1 Å². The molecule has 1 atom stereocenters. The Kier molecular flexibility index (Phi) is 3.88. The van der Waals surface area contributed by atoms with E-state index in [2.05, 4.69) is 21.7 Å². The van der Waals surface area contributed by atoms with Crippen molar-refractivity contribution in [3.8, 4) is 6.07 Å². The second-order valence-electron chi connectivity index (χ2n) is 5.70. The van der Waals surface area contributed by atoms with Crippen molar-refractivity contribution in [1.29, 1.82) is 5.26 Å². The minimum Gasteiger partial charge on any atom is -0.306 e. The first-order valence-corrected chi connectivity index (χ1v) is 7.19. The molecular formula is C13H18N4OS. The first-order valence-electron chi connectivity index (χ1n) is 6.37. The number of carbonyl (C=O) groups excluding carboxylic acids is 1. The van der Waals surface area contributed by atoms with Gasteiger partial charge in [0.2, 0.25) is 5.91 Å². The minimum atomic E-state index is -0.198. The smallest absolute Gasteiger partial charge is 0.243 e. The van der Waals surface area contributed by atoms with Crippen LogP contribution in [0.2, 0.25) is 0 Å². The van der Waals surface area contributed by atoms with Crippen LogP contribution in [0, 0.1) is 11.3 Å². The molecule has 1 aromatic heterocycles. The van der Waals surface area contributed by atoms with E-state index in [9.17, 15) is 4.79 Å². The van der Waals surface area contributed by atoms with Crippen LogP contribution in [-0.4, -0.2) is 23.5 Å². The Labute approximate surface area is 117 Å². The van der Waals surface area contributed by atoms with Crippen LogP contribution in [0.25, 0.3) is 0 Å². The molecule has 2 heterocycles. The molecule has 102 valence electrons. The molecule has 0 radical (unpaired) electrons. The first-order chi connectivity index (χ1) is 8.91. The molecule has 2 rings (SSSR count). The predicted molar refractivity (Wildman–Crippen MR) is 75.2 cm³/mol. The maximum Gasteiger partial charge on any atom is 0.243 e. The van der Waals surface area contributed by atoms with Crippen LogP contribution in [0.15, 0.2) is 0 Å². The highest BCUT2D eigenvalue weighted by Crippen LogP contribution is 2.31. The molecule has 1 aliphatic rings. The number of nitrogens with zero attached hydrogens (tertiary/aromatic N) is 2. The molecule has 5 nitrogen and oxygen atoms in total. The molecule has 0 bridgehead atoms. The second kappa shape index (κ2) is 5.27. The summed E-state index contributed by atoms with van der Waals surface area (Å²) < 4.78 is 0. The van der Waals surface area contributed by atoms with Gasteiger partial charge in [0.25, 0.3) is 0 Å². The minimum absolute atomic E-state index is 0.0591. The van der Waals surface area contributed by atoms with Crippen molar-refractivity contribution in [3.05, 3.63) is 10.6 Å². The van der Waals surface area contributed by atoms with Crippen LogP contribution in [0.5, 0.6) is 0 Å². The topological polar surface area (TPSA) is 77.8 Å². The van der Waals surface area contributed by atoms with E-state index in [-0.39, 0.29) is 17.4 Å². The zero-order chi connectivity index (χ0) is 14.0. The van der Waals surface area contributed by atoms with Gasteiger partial charge in [0.05, 0.1) is 11.7 Å². The number of aromatic nitrogens is 1. The molecule has 1 unspecified atom stereocenters. The quantitative estimate of drug-likeness (QED) is 0.867. The zero-order valence-corrected chi connectivity index (χ0v) is 12.2. The summed E-state index contributed by atoms with van der Waals surface area (Å²) in [5.74, 6) is -0.0591. The number of anilines is 1. The third-order valence-corrected chi connectivity index (χ3v) is 3.92. The summed E-state index contributed by atoms with van der Waals surface area (Å²) in [5.41, 5.74) is 0.547. The van der Waals surface area contributed by atoms with Gasteiger partial charge in [-0.15, -0.1) is 0 Å². The summed E-state index contributed by atoms with van der Waals surface area (Å²) in [6.07, 6.45) is 1.88. The van der Waals surface area contributed by atoms with E-state index in [1.807, 2.05) is 20.8 Å². The fraction of sp³-hybridized carbons (Fsp3) is 0.615. The SMILES string of the molecule is CC(C)(C)c1nc(NC(=O)C2CCCN2)sc1C#N. The average molecular weight is 278 g/mol. The summed E-state index contributed by atoms with van der Waals surface area (Å²) in [4.78, 5) is 17.0. The molecule has 1 saturated heterocycles. The molecule has 1 fully saturated rings. The summed E-state index contributed by atoms with van der Waals surface area (Å²) in [5, 5.41) is 15.6. The lowest BCUT2D eigenvalue weighted by Crippen LogP contribution is -2.35. The maximum absolute atomic E-state index is 12.0. The molecule has 1 aliphatic heterocycles. The van der Waals surface area contributed by atoms with E-state index in [4.69, 9.17) is 5.26 Å². The standard InChI is InChI=1S/C13H18N4OS/c1-13(2,3)10-9(7-14)19-12(16-10)17-11(18)8-5-4-6-15-8/h8,15H,4-6H2,1-3H3,(H,16,17,18). The van der Waals surface area contributed by atoms with Crippen molar-refractivity contribution >= 4 is 22.4 Å². The second-order valence-corrected chi connectivity index (χ2v) is 6.70. The van der Waals surface area contributed by atoms with Gasteiger partial charge in [-0.25, -0.2) is 4.98 Å². The maximum atomic E-state index is 12.0. The van der Waals surface area contributed by atoms with Crippen LogP contribution in [-0.2, 0) is 10.2 Å². The molecule has 0 aromatic carbocycles. The lowest BCUT2D eigenvalue weighted by molar-refractivity contribution is -0.117. The highest BCUT2D eigenvalue weighted by atomic mass is 32.1. The molecule has 19 heavy (non-hydrogen) atoms. The van der Waals surface area contributed by atoms with Crippen LogP contribution in [0.3, 0.4) is 0 Å². The number of hydrogen-bond donors (Lipinski definition) is 2. The fourth-order valence-electron chi connectivity index (χ4n) is 2.06. The average Bonchev–Trinajstić information content (AvgIpc) is 2.96. The van der Waals surface area contributed by atoms with Gasteiger partial charge in [0.1, 0.15) is 10.9 Å². The van der Waals surface area contributed by atoms with Crippen molar-refractivity contribution in [1.82, 2.24) is 10.3 Å². The van der Waals surface area contributed by atoms with E-state index >= 15 is 0 Å². The van der Waals surface area contributed by atoms with Gasteiger partial charge in [-0.3, -0.25) is 4.79 Å². The van der Waals surface area contributed by atoms with Crippen molar-refractivity contribution in [3.63, 3.8) is 0 Å². The summed E-state index contributed by atoms with van der Waals surface area (Å²) in [7, 11) is 0. The van der Waals surface area contributed by atoms with Gasteiger partial charge >= 0.3 is 0 Å². The van der Waals surface area contributed by atoms with E-state index in [1.165, 1.54) is 11.3 Å². The number of thiazole rings is 1. The van der Waals surface area contributed by atoms with Crippen LogP contribution in [0.4, 0.5) is 5.13 Å². The monoisotopic (exact) mass is 278 g/mol. The molecule has 2 N–H and O–H groups in total. The Balaban J connectivity index is 2.15. The molecule has 0 aliphatic carbocycles. The van der Waals surface area contributed by atoms with E-state index in [0.29, 0.717) is 10.0 Å². The number of nitrogens with one attached hydrogen (secondary N) is 2. The van der Waals surface area contributed by atoms with E-state index in [1.54, 1.807) is 0 Å². The van der Waals surface area contributed by atoms with Crippen molar-refractivity contribution in [2.75, 3.05) is 11.9 Å². The van der Waals surface area contributed by atoms with Gasteiger partial charge in [-0.2, -0.15) is 5.26 Å². The Bertz CT molecular complexity index is 518. The largest absolute Gasteiger partial charge is 0.306 e. The lowest BCUT2D eigenvalue weighted by atomic mass is 9.91. The van der Waals surface area contributed by atoms with Gasteiger partial charge < -0.3 is 10.6 Å². The normalized spacial score (nSPS) is 19.2. The zero-order valence-electron chi connectivity index (χ0n) is 11.4. The molecule has 1 aromatic rings. The molecule has 1 amide bonds. The number of amides is 1. The van der Waals surface area contributed by atoms with Crippen molar-refractivity contribution < 1.29 is 4.79 Å². The molecule has 0 spiro atoms. The van der Waals surface area contributed by atoms with Gasteiger partial charge in [-0.1, -0.05) is 32.1 Å². The number of hydrogen-bond acceptors (Lipinski definition) is 5. The first kappa shape index (κ1) is 14.0. The summed E-state index contributed by atoms with van der Waals surface area (Å²) in [6, 6.07) is 2.02. The summed E-state index contributed by atoms with van der Waals surface area (Å²) >= 11 is 1.24. The van der Waals surface area contributed by atoms with Gasteiger partial charge in [0, 0.05) is 5.41 Å². The van der Waals surface area contributed by atoms with Crippen LogP contribution in [0.1, 0.15) is 44.2 Å². The van der Waals surface area contributed by atoms with Gasteiger partial charge in [-0.05, 0) is 19.4 Å². The van der Waals surface area contributed by atoms with Gasteiger partial charge in [0.15, 0.2) is 5.13 Å². The van der Waals surface area contributed by atoms with Crippen molar-refractivity contribution in [2.24, 2.45) is 0 Å². The lowest BCUT2D eigenvalue weighted by Gasteiger charge is -2.15. The highest BCUT2D eigenvalue weighted by Gasteiger charge is 2.26. The third kappa shape index (κ3) is 3.11. The Morgan fingerprint density at radius 3 is 2.79 bits per heavy atom. The molecule has 6 heteroatoms. The summed E-state index contributed by atoms with van der Waals surface area (Å²) in [6.45, 7) is 6.90. The molecular weight excluding hydrogens is 260 g/mol. The third-order valence-electron chi connectivity index (χ3n) is 3.05. The van der Waals surface area contributed by atoms with E-state index in [0.717, 1.165) is 25.1 Å². The van der Waals surface area contributed by atoms with Crippen LogP contribution < -0.4 is 10.6 Å². The van der Waals surface area contributed by atoms with Crippen LogP contribution >= 0.6 is 11.3 Å². The number of rotatable bonds is 2. The number of carbonyl (C=O) groups is 1. The molecule has 0 saturated carbocycles. The fourth-order valence-corrected chi connectivity index (χ4v) is 3.03. The Morgan fingerprint density at radius 2 is 2.32 bits per heavy atom. The Hall–Kier alpha value is -1.45.